The number of hydrogen-bond acceptors (Lipinski definition) is 4. The Morgan fingerprint density at radius 2 is 0.647 bits per heavy atom. The number of carbonyl (C=O) groups is 2. The first-order valence-corrected chi connectivity index (χ1v) is 21.7. The Morgan fingerprint density at radius 1 is 0.392 bits per heavy atom. The van der Waals surface area contributed by atoms with Crippen molar-refractivity contribution in [2.24, 2.45) is 0 Å². The van der Waals surface area contributed by atoms with E-state index in [1.807, 2.05) is 48.5 Å². The highest BCUT2D eigenvalue weighted by Crippen LogP contribution is 2.50. The second kappa shape index (κ2) is 27.1. The Hall–Kier alpha value is -2.62. The van der Waals surface area contributed by atoms with Gasteiger partial charge in [0.15, 0.2) is 0 Å². The van der Waals surface area contributed by atoms with Gasteiger partial charge in [-0.1, -0.05) is 229 Å². The van der Waals surface area contributed by atoms with Crippen LogP contribution in [0.1, 0.15) is 205 Å². The van der Waals surface area contributed by atoms with Crippen molar-refractivity contribution in [1.29, 1.82) is 0 Å². The third-order valence-corrected chi connectivity index (χ3v) is 11.0. The number of esters is 2. The molecule has 3 rings (SSSR count). The van der Waals surface area contributed by atoms with E-state index in [0.717, 1.165) is 49.7 Å². The summed E-state index contributed by atoms with van der Waals surface area (Å²) in [7, 11) is 0. The molecule has 2 aromatic carbocycles. The van der Waals surface area contributed by atoms with Gasteiger partial charge in [-0.25, -0.2) is 0 Å². The van der Waals surface area contributed by atoms with E-state index >= 15 is 0 Å². The van der Waals surface area contributed by atoms with Gasteiger partial charge in [-0.3, -0.25) is 9.59 Å². The first kappa shape index (κ1) is 42.8. The van der Waals surface area contributed by atoms with Crippen LogP contribution in [0.15, 0.2) is 48.5 Å². The van der Waals surface area contributed by atoms with Crippen molar-refractivity contribution < 1.29 is 19.1 Å². The summed E-state index contributed by atoms with van der Waals surface area (Å²) >= 11 is 0. The summed E-state index contributed by atoms with van der Waals surface area (Å²) in [4.78, 5) is 28.2. The van der Waals surface area contributed by atoms with Crippen LogP contribution in [0.2, 0.25) is 0 Å². The van der Waals surface area contributed by atoms with Crippen molar-refractivity contribution in [1.82, 2.24) is 0 Å². The summed E-state index contributed by atoms with van der Waals surface area (Å²) in [5.41, 5.74) is 1.62. The number of ether oxygens (including phenoxy) is 2. The standard InChI is InChI=1S/C47H74O4/c1-3-5-7-9-11-13-15-17-19-21-23-25-27-33-39-50-45(48)47(43-37-31-29-35-41(43)42-36-30-32-38-44(42)47)46(49)51-40-34-28-26-24-22-20-18-16-14-12-10-8-6-4-2/h29-32,35-38H,3-28,33-34,39-40H2,1-2H3. The molecule has 0 fully saturated rings. The van der Waals surface area contributed by atoms with Gasteiger partial charge in [0.25, 0.3) is 0 Å². The molecule has 0 unspecified atom stereocenters. The van der Waals surface area contributed by atoms with Gasteiger partial charge in [0.2, 0.25) is 5.41 Å². The number of carbonyl (C=O) groups excluding carboxylic acids is 2. The third kappa shape index (κ3) is 14.7. The van der Waals surface area contributed by atoms with Crippen LogP contribution < -0.4 is 0 Å². The summed E-state index contributed by atoms with van der Waals surface area (Å²) in [6.45, 7) is 5.21. The van der Waals surface area contributed by atoms with Crippen molar-refractivity contribution >= 4 is 11.9 Å². The van der Waals surface area contributed by atoms with Gasteiger partial charge < -0.3 is 9.47 Å². The molecular formula is C47H74O4. The molecule has 0 saturated heterocycles. The molecule has 0 spiro atoms. The van der Waals surface area contributed by atoms with E-state index in [2.05, 4.69) is 13.8 Å². The van der Waals surface area contributed by atoms with Gasteiger partial charge in [-0.2, -0.15) is 0 Å². The van der Waals surface area contributed by atoms with Crippen LogP contribution in [0, 0.1) is 0 Å². The average Bonchev–Trinajstić information content (AvgIpc) is 3.46. The summed E-state index contributed by atoms with van der Waals surface area (Å²) in [5, 5.41) is 0. The molecule has 2 aromatic rings. The summed E-state index contributed by atoms with van der Waals surface area (Å²) in [6, 6.07) is 15.5. The highest BCUT2D eigenvalue weighted by Gasteiger charge is 2.57. The van der Waals surface area contributed by atoms with Crippen molar-refractivity contribution in [3.63, 3.8) is 0 Å². The number of fused-ring (bicyclic) bond motifs is 3. The normalized spacial score (nSPS) is 12.8. The van der Waals surface area contributed by atoms with E-state index in [1.165, 1.54) is 141 Å². The SMILES string of the molecule is CCCCCCCCCCCCCCCCOC(=O)C1(C(=O)OCCCCCCCCCCCCCCCC)c2ccccc2-c2ccccc21. The average molecular weight is 703 g/mol. The lowest BCUT2D eigenvalue weighted by Gasteiger charge is -2.27. The maximum absolute atomic E-state index is 14.1. The molecule has 4 nitrogen and oxygen atoms in total. The topological polar surface area (TPSA) is 52.6 Å². The van der Waals surface area contributed by atoms with Crippen molar-refractivity contribution in [2.45, 2.75) is 199 Å². The zero-order valence-electron chi connectivity index (χ0n) is 33.0. The molecule has 0 aromatic heterocycles. The maximum Gasteiger partial charge on any atom is 0.332 e. The molecule has 51 heavy (non-hydrogen) atoms. The van der Waals surface area contributed by atoms with E-state index in [-0.39, 0.29) is 0 Å². The van der Waals surface area contributed by atoms with Crippen molar-refractivity contribution in [2.75, 3.05) is 13.2 Å². The Kier molecular flexibility index (Phi) is 22.7. The molecule has 0 bridgehead atoms. The molecule has 4 heteroatoms. The zero-order chi connectivity index (χ0) is 36.2. The molecule has 0 heterocycles. The van der Waals surface area contributed by atoms with Gasteiger partial charge in [0.05, 0.1) is 13.2 Å². The van der Waals surface area contributed by atoms with E-state index in [0.29, 0.717) is 24.3 Å². The van der Waals surface area contributed by atoms with Crippen molar-refractivity contribution in [3.8, 4) is 11.1 Å². The van der Waals surface area contributed by atoms with Crippen LogP contribution in [0.3, 0.4) is 0 Å². The third-order valence-electron chi connectivity index (χ3n) is 11.0. The van der Waals surface area contributed by atoms with Crippen LogP contribution in [-0.4, -0.2) is 25.2 Å². The van der Waals surface area contributed by atoms with E-state index < -0.39 is 17.4 Å². The summed E-state index contributed by atoms with van der Waals surface area (Å²) in [6.07, 6.45) is 35.8. The molecule has 1 aliphatic carbocycles. The predicted octanol–water partition coefficient (Wildman–Crippen LogP) is 14.0. The smallest absolute Gasteiger partial charge is 0.332 e. The largest absolute Gasteiger partial charge is 0.464 e. The van der Waals surface area contributed by atoms with E-state index in [4.69, 9.17) is 9.47 Å². The second-order valence-corrected chi connectivity index (χ2v) is 15.3. The lowest BCUT2D eigenvalue weighted by Crippen LogP contribution is -2.46. The van der Waals surface area contributed by atoms with Gasteiger partial charge >= 0.3 is 11.9 Å². The number of rotatable bonds is 32. The number of benzene rings is 2. The fraction of sp³-hybridized carbons (Fsp3) is 0.702. The predicted molar refractivity (Wildman–Crippen MR) is 215 cm³/mol. The first-order chi connectivity index (χ1) is 25.2. The Bertz CT molecular complexity index is 1110. The molecule has 0 atom stereocenters. The van der Waals surface area contributed by atoms with Crippen LogP contribution in [0.5, 0.6) is 0 Å². The minimum atomic E-state index is -1.57. The molecule has 0 radical (unpaired) electrons. The maximum atomic E-state index is 14.1. The molecule has 0 N–H and O–H groups in total. The zero-order valence-corrected chi connectivity index (χ0v) is 33.0. The first-order valence-electron chi connectivity index (χ1n) is 21.7. The lowest BCUT2D eigenvalue weighted by atomic mass is 9.78. The van der Waals surface area contributed by atoms with Crippen LogP contribution in [-0.2, 0) is 24.5 Å². The molecule has 1 aliphatic rings. The van der Waals surface area contributed by atoms with Crippen LogP contribution in [0.25, 0.3) is 11.1 Å². The fourth-order valence-corrected chi connectivity index (χ4v) is 7.90. The number of hydrogen-bond donors (Lipinski definition) is 0. The Morgan fingerprint density at radius 3 is 0.941 bits per heavy atom. The Balaban J connectivity index is 1.38. The minimum Gasteiger partial charge on any atom is -0.464 e. The van der Waals surface area contributed by atoms with E-state index in [1.54, 1.807) is 0 Å². The fourth-order valence-electron chi connectivity index (χ4n) is 7.90. The minimum absolute atomic E-state index is 0.329. The highest BCUT2D eigenvalue weighted by atomic mass is 16.6. The van der Waals surface area contributed by atoms with E-state index in [9.17, 15) is 9.59 Å². The van der Waals surface area contributed by atoms with Gasteiger partial charge in [0, 0.05) is 0 Å². The second-order valence-electron chi connectivity index (χ2n) is 15.3. The highest BCUT2D eigenvalue weighted by molar-refractivity contribution is 6.15. The van der Waals surface area contributed by atoms with Crippen LogP contribution in [0.4, 0.5) is 0 Å². The summed E-state index contributed by atoms with van der Waals surface area (Å²) in [5.74, 6) is -0.999. The summed E-state index contributed by atoms with van der Waals surface area (Å²) < 4.78 is 11.9. The molecule has 0 aliphatic heterocycles. The molecular weight excluding hydrogens is 629 g/mol. The molecule has 286 valence electrons. The molecule has 0 amide bonds. The van der Waals surface area contributed by atoms with Gasteiger partial charge in [0.1, 0.15) is 0 Å². The van der Waals surface area contributed by atoms with Gasteiger partial charge in [-0.15, -0.1) is 0 Å². The molecule has 0 saturated carbocycles. The Labute approximate surface area is 313 Å². The number of unbranched alkanes of at least 4 members (excludes halogenated alkanes) is 26. The lowest BCUT2D eigenvalue weighted by molar-refractivity contribution is -0.162. The van der Waals surface area contributed by atoms with Crippen LogP contribution >= 0.6 is 0 Å². The van der Waals surface area contributed by atoms with Gasteiger partial charge in [-0.05, 0) is 35.1 Å². The monoisotopic (exact) mass is 703 g/mol. The van der Waals surface area contributed by atoms with Crippen molar-refractivity contribution in [3.05, 3.63) is 59.7 Å². The quantitative estimate of drug-likeness (QED) is 0.0433.